The minimum Gasteiger partial charge on any atom is -0.451 e. The Bertz CT molecular complexity index is 957. The second-order valence-electron chi connectivity index (χ2n) is 6.20. The van der Waals surface area contributed by atoms with Gasteiger partial charge in [-0.1, -0.05) is 6.08 Å². The lowest BCUT2D eigenvalue weighted by Crippen LogP contribution is -2.33. The summed E-state index contributed by atoms with van der Waals surface area (Å²) in [4.78, 5) is 43.7. The molecule has 2 aromatic rings. The molecule has 0 bridgehead atoms. The summed E-state index contributed by atoms with van der Waals surface area (Å²) in [6.07, 6.45) is 6.37. The molecule has 0 unspecified atom stereocenters. The molecule has 7 nitrogen and oxygen atoms in total. The number of ether oxygens (including phenoxy) is 1. The number of nitrogens with zero attached hydrogens (tertiary/aromatic N) is 3. The number of esters is 1. The minimum atomic E-state index is -0.600. The van der Waals surface area contributed by atoms with Crippen molar-refractivity contribution in [3.8, 4) is 0 Å². The van der Waals surface area contributed by atoms with Crippen LogP contribution in [0, 0.1) is 6.92 Å². The summed E-state index contributed by atoms with van der Waals surface area (Å²) in [5.74, 6) is -0.834. The van der Waals surface area contributed by atoms with Gasteiger partial charge in [0.2, 0.25) is 0 Å². The van der Waals surface area contributed by atoms with Crippen LogP contribution in [0.5, 0.6) is 0 Å². The van der Waals surface area contributed by atoms with Gasteiger partial charge < -0.3 is 14.2 Å². The molecule has 0 saturated heterocycles. The maximum Gasteiger partial charge on any atom is 0.349 e. The summed E-state index contributed by atoms with van der Waals surface area (Å²) in [6, 6.07) is 0. The maximum atomic E-state index is 12.4. The zero-order valence-electron chi connectivity index (χ0n) is 15.1. The minimum absolute atomic E-state index is 0.204. The van der Waals surface area contributed by atoms with Gasteiger partial charge in [0.1, 0.15) is 9.71 Å². The lowest BCUT2D eigenvalue weighted by Gasteiger charge is -2.22. The van der Waals surface area contributed by atoms with Crippen LogP contribution < -0.4 is 5.56 Å². The quantitative estimate of drug-likeness (QED) is 0.750. The number of aromatic nitrogens is 2. The summed E-state index contributed by atoms with van der Waals surface area (Å²) >= 11 is 1.11. The van der Waals surface area contributed by atoms with Crippen LogP contribution >= 0.6 is 11.3 Å². The van der Waals surface area contributed by atoms with Crippen LogP contribution in [0.1, 0.15) is 41.4 Å². The van der Waals surface area contributed by atoms with Crippen molar-refractivity contribution in [3.63, 3.8) is 0 Å². The number of allylic oxidation sites excluding steroid dienone is 2. The number of carbonyl (C=O) groups is 2. The third kappa shape index (κ3) is 3.29. The second kappa shape index (κ2) is 7.41. The standard InChI is InChI=1S/C18H21N3O4S/c1-4-21(12-7-5-6-8-12)13(22)9-25-18(24)15-11(2)14-16(26-15)19-10-20(3)17(14)23/h7,10H,4-6,8-9H2,1-3H3. The van der Waals surface area contributed by atoms with Gasteiger partial charge >= 0.3 is 5.97 Å². The molecule has 8 heteroatoms. The highest BCUT2D eigenvalue weighted by Crippen LogP contribution is 2.27. The van der Waals surface area contributed by atoms with E-state index >= 15 is 0 Å². The Morgan fingerprint density at radius 3 is 2.85 bits per heavy atom. The third-order valence-electron chi connectivity index (χ3n) is 4.50. The van der Waals surface area contributed by atoms with E-state index in [1.54, 1.807) is 18.9 Å². The van der Waals surface area contributed by atoms with Crippen molar-refractivity contribution in [2.75, 3.05) is 13.2 Å². The summed E-state index contributed by atoms with van der Waals surface area (Å²) in [5, 5.41) is 0.421. The van der Waals surface area contributed by atoms with Crippen molar-refractivity contribution in [1.82, 2.24) is 14.5 Å². The van der Waals surface area contributed by atoms with Crippen LogP contribution in [0.4, 0.5) is 0 Å². The van der Waals surface area contributed by atoms with Gasteiger partial charge in [-0.15, -0.1) is 11.3 Å². The van der Waals surface area contributed by atoms with Gasteiger partial charge in [-0.05, 0) is 38.7 Å². The van der Waals surface area contributed by atoms with E-state index in [0.29, 0.717) is 27.2 Å². The molecule has 138 valence electrons. The number of likely N-dealkylation sites (N-methyl/N-ethyl adjacent to an activating group) is 1. The van der Waals surface area contributed by atoms with E-state index < -0.39 is 5.97 Å². The van der Waals surface area contributed by atoms with Gasteiger partial charge in [0, 0.05) is 19.3 Å². The first-order valence-corrected chi connectivity index (χ1v) is 9.37. The lowest BCUT2D eigenvalue weighted by molar-refractivity contribution is -0.132. The van der Waals surface area contributed by atoms with Crippen LogP contribution in [0.25, 0.3) is 10.2 Å². The molecule has 3 rings (SSSR count). The number of fused-ring (bicyclic) bond motifs is 1. The molecule has 26 heavy (non-hydrogen) atoms. The molecule has 0 saturated carbocycles. The summed E-state index contributed by atoms with van der Waals surface area (Å²) in [6.45, 7) is 3.83. The van der Waals surface area contributed by atoms with Crippen LogP contribution in [0.2, 0.25) is 0 Å². The fraction of sp³-hybridized carbons (Fsp3) is 0.444. The zero-order chi connectivity index (χ0) is 18.8. The molecule has 1 aliphatic rings. The summed E-state index contributed by atoms with van der Waals surface area (Å²) < 4.78 is 6.60. The molecule has 2 heterocycles. The SMILES string of the molecule is CCN(C(=O)COC(=O)c1sc2ncn(C)c(=O)c2c1C)C1=CCCC1. The Balaban J connectivity index is 1.75. The van der Waals surface area contributed by atoms with Crippen molar-refractivity contribution in [1.29, 1.82) is 0 Å². The largest absolute Gasteiger partial charge is 0.451 e. The van der Waals surface area contributed by atoms with Crippen molar-refractivity contribution in [2.24, 2.45) is 7.05 Å². The van der Waals surface area contributed by atoms with E-state index in [0.717, 1.165) is 36.3 Å². The van der Waals surface area contributed by atoms with Crippen molar-refractivity contribution in [3.05, 3.63) is 38.9 Å². The Hall–Kier alpha value is -2.48. The Labute approximate surface area is 154 Å². The Kier molecular flexibility index (Phi) is 5.22. The second-order valence-corrected chi connectivity index (χ2v) is 7.20. The van der Waals surface area contributed by atoms with Gasteiger partial charge in [-0.3, -0.25) is 9.59 Å². The van der Waals surface area contributed by atoms with E-state index in [4.69, 9.17) is 4.74 Å². The molecule has 1 amide bonds. The molecule has 0 aliphatic heterocycles. The third-order valence-corrected chi connectivity index (χ3v) is 5.68. The normalized spacial score (nSPS) is 13.7. The number of amides is 1. The van der Waals surface area contributed by atoms with E-state index in [-0.39, 0.29) is 18.1 Å². The van der Waals surface area contributed by atoms with E-state index in [1.807, 2.05) is 6.92 Å². The highest BCUT2D eigenvalue weighted by Gasteiger charge is 2.23. The molecule has 0 atom stereocenters. The Morgan fingerprint density at radius 1 is 1.42 bits per heavy atom. The number of hydrogen-bond acceptors (Lipinski definition) is 6. The smallest absolute Gasteiger partial charge is 0.349 e. The van der Waals surface area contributed by atoms with E-state index in [1.165, 1.54) is 10.9 Å². The maximum absolute atomic E-state index is 12.4. The molecule has 0 radical (unpaired) electrons. The predicted octanol–water partition coefficient (Wildman–Crippen LogP) is 2.38. The van der Waals surface area contributed by atoms with Crippen LogP contribution in [0.3, 0.4) is 0 Å². The first kappa shape index (κ1) is 18.3. The summed E-state index contributed by atoms with van der Waals surface area (Å²) in [7, 11) is 1.61. The number of carbonyl (C=O) groups excluding carboxylic acids is 2. The van der Waals surface area contributed by atoms with Gasteiger partial charge in [-0.25, -0.2) is 9.78 Å². The predicted molar refractivity (Wildman–Crippen MR) is 99.2 cm³/mol. The molecule has 0 fully saturated rings. The van der Waals surface area contributed by atoms with E-state index in [2.05, 4.69) is 11.1 Å². The molecule has 2 aromatic heterocycles. The van der Waals surface area contributed by atoms with Crippen molar-refractivity contribution in [2.45, 2.75) is 33.1 Å². The monoisotopic (exact) mass is 375 g/mol. The fourth-order valence-corrected chi connectivity index (χ4v) is 4.15. The van der Waals surface area contributed by atoms with Gasteiger partial charge in [0.15, 0.2) is 6.61 Å². The fourth-order valence-electron chi connectivity index (χ4n) is 3.11. The number of aryl methyl sites for hydroxylation is 2. The van der Waals surface area contributed by atoms with Gasteiger partial charge in [-0.2, -0.15) is 0 Å². The number of thiophene rings is 1. The first-order chi connectivity index (χ1) is 12.4. The summed E-state index contributed by atoms with van der Waals surface area (Å²) in [5.41, 5.74) is 1.34. The lowest BCUT2D eigenvalue weighted by atomic mass is 10.2. The molecular weight excluding hydrogens is 354 g/mol. The van der Waals surface area contributed by atoms with E-state index in [9.17, 15) is 14.4 Å². The average molecular weight is 375 g/mol. The molecule has 0 spiro atoms. The molecule has 1 aliphatic carbocycles. The Morgan fingerprint density at radius 2 is 2.19 bits per heavy atom. The van der Waals surface area contributed by atoms with Crippen molar-refractivity contribution >= 4 is 33.4 Å². The zero-order valence-corrected chi connectivity index (χ0v) is 15.9. The topological polar surface area (TPSA) is 81.5 Å². The molecular formula is C18H21N3O4S. The molecule has 0 aromatic carbocycles. The highest BCUT2D eigenvalue weighted by molar-refractivity contribution is 7.20. The van der Waals surface area contributed by atoms with Gasteiger partial charge in [0.25, 0.3) is 11.5 Å². The van der Waals surface area contributed by atoms with Crippen LogP contribution in [-0.2, 0) is 16.6 Å². The number of hydrogen-bond donors (Lipinski definition) is 0. The highest BCUT2D eigenvalue weighted by atomic mass is 32.1. The van der Waals surface area contributed by atoms with Gasteiger partial charge in [0.05, 0.1) is 11.7 Å². The van der Waals surface area contributed by atoms with Crippen LogP contribution in [0.15, 0.2) is 22.9 Å². The first-order valence-electron chi connectivity index (χ1n) is 8.55. The molecule has 0 N–H and O–H groups in total. The average Bonchev–Trinajstić information content (AvgIpc) is 3.25. The number of rotatable bonds is 5. The van der Waals surface area contributed by atoms with Crippen molar-refractivity contribution < 1.29 is 14.3 Å². The van der Waals surface area contributed by atoms with Crippen LogP contribution in [-0.4, -0.2) is 39.5 Å².